The Morgan fingerprint density at radius 2 is 2.12 bits per heavy atom. The Labute approximate surface area is 156 Å². The van der Waals surface area contributed by atoms with Crippen molar-refractivity contribution in [3.05, 3.63) is 35.7 Å². The maximum absolute atomic E-state index is 11.3. The second kappa shape index (κ2) is 8.49. The van der Waals surface area contributed by atoms with Gasteiger partial charge in [0.2, 0.25) is 0 Å². The molecule has 0 saturated heterocycles. The van der Waals surface area contributed by atoms with Crippen LogP contribution >= 0.6 is 0 Å². The molecule has 26 heavy (non-hydrogen) atoms. The fraction of sp³-hybridized carbons (Fsp3) is 0.524. The molecule has 0 bridgehead atoms. The summed E-state index contributed by atoms with van der Waals surface area (Å²) in [5, 5.41) is 0. The monoisotopic (exact) mass is 357 g/mol. The average Bonchev–Trinajstić information content (AvgIpc) is 2.87. The minimum atomic E-state index is -0.365. The van der Waals surface area contributed by atoms with Crippen molar-refractivity contribution in [1.82, 2.24) is 9.55 Å². The van der Waals surface area contributed by atoms with Crippen LogP contribution in [0.2, 0.25) is 0 Å². The summed E-state index contributed by atoms with van der Waals surface area (Å²) in [6, 6.07) is 6.03. The van der Waals surface area contributed by atoms with Crippen molar-refractivity contribution in [2.45, 2.75) is 47.1 Å². The lowest BCUT2D eigenvalue weighted by atomic mass is 9.84. The van der Waals surface area contributed by atoms with Crippen LogP contribution < -0.4 is 5.73 Å². The molecule has 1 atom stereocenters. The van der Waals surface area contributed by atoms with Gasteiger partial charge in [-0.1, -0.05) is 33.8 Å². The lowest BCUT2D eigenvalue weighted by Gasteiger charge is -2.23. The summed E-state index contributed by atoms with van der Waals surface area (Å²) in [5.41, 5.74) is 9.07. The molecule has 1 heterocycles. The number of nitrogens with two attached hydrogens (primary N) is 1. The number of nitrogens with zero attached hydrogens (tertiary/aromatic N) is 2. The standard InChI is InChI=1S/C21H31N3O2/c1-15(14-21(2,3)4)12-19-23-17-13-16(7-9-20(25)26-5)6-8-18(17)24(19)11-10-22/h6-9,13,15H,10-12,14,22H2,1-5H3. The summed E-state index contributed by atoms with van der Waals surface area (Å²) in [4.78, 5) is 16.2. The van der Waals surface area contributed by atoms with E-state index < -0.39 is 0 Å². The number of carbonyl (C=O) groups excluding carboxylic acids is 1. The predicted octanol–water partition coefficient (Wildman–Crippen LogP) is 3.80. The highest BCUT2D eigenvalue weighted by Crippen LogP contribution is 2.27. The second-order valence-electron chi connectivity index (χ2n) is 8.15. The Kier molecular flexibility index (Phi) is 6.59. The minimum Gasteiger partial charge on any atom is -0.466 e. The maximum atomic E-state index is 11.3. The predicted molar refractivity (Wildman–Crippen MR) is 107 cm³/mol. The molecule has 0 spiro atoms. The number of hydrogen-bond acceptors (Lipinski definition) is 4. The third-order valence-corrected chi connectivity index (χ3v) is 4.31. The number of fused-ring (bicyclic) bond motifs is 1. The summed E-state index contributed by atoms with van der Waals surface area (Å²) in [6.07, 6.45) is 5.24. The zero-order valence-corrected chi connectivity index (χ0v) is 16.6. The van der Waals surface area contributed by atoms with Crippen molar-refractivity contribution in [2.75, 3.05) is 13.7 Å². The molecule has 2 aromatic rings. The molecule has 0 amide bonds. The highest BCUT2D eigenvalue weighted by Gasteiger charge is 2.19. The van der Waals surface area contributed by atoms with Gasteiger partial charge in [0, 0.05) is 25.6 Å². The number of carbonyl (C=O) groups is 1. The molecule has 2 rings (SSSR count). The lowest BCUT2D eigenvalue weighted by Crippen LogP contribution is -2.17. The highest BCUT2D eigenvalue weighted by atomic mass is 16.5. The SMILES string of the molecule is COC(=O)C=Cc1ccc2c(c1)nc(CC(C)CC(C)(C)C)n2CCN. The van der Waals surface area contributed by atoms with Gasteiger partial charge >= 0.3 is 5.97 Å². The normalized spacial score (nSPS) is 13.5. The van der Waals surface area contributed by atoms with Crippen LogP contribution in [0.4, 0.5) is 0 Å². The summed E-state index contributed by atoms with van der Waals surface area (Å²) in [7, 11) is 1.37. The number of methoxy groups -OCH3 is 1. The zero-order chi connectivity index (χ0) is 19.3. The van der Waals surface area contributed by atoms with Crippen molar-refractivity contribution in [3.8, 4) is 0 Å². The van der Waals surface area contributed by atoms with Crippen LogP contribution in [0.25, 0.3) is 17.1 Å². The minimum absolute atomic E-state index is 0.302. The van der Waals surface area contributed by atoms with Crippen molar-refractivity contribution in [2.24, 2.45) is 17.1 Å². The van der Waals surface area contributed by atoms with Crippen molar-refractivity contribution in [3.63, 3.8) is 0 Å². The summed E-state index contributed by atoms with van der Waals surface area (Å²) >= 11 is 0. The first-order chi connectivity index (χ1) is 12.2. The Bertz CT molecular complexity index is 784. The maximum Gasteiger partial charge on any atom is 0.330 e. The third kappa shape index (κ3) is 5.43. The molecular weight excluding hydrogens is 326 g/mol. The summed E-state index contributed by atoms with van der Waals surface area (Å²) < 4.78 is 6.86. The van der Waals surface area contributed by atoms with Gasteiger partial charge < -0.3 is 15.0 Å². The van der Waals surface area contributed by atoms with Gasteiger partial charge in [0.15, 0.2) is 0 Å². The van der Waals surface area contributed by atoms with E-state index in [2.05, 4.69) is 37.0 Å². The van der Waals surface area contributed by atoms with Crippen LogP contribution in [-0.4, -0.2) is 29.2 Å². The van der Waals surface area contributed by atoms with Gasteiger partial charge in [0.05, 0.1) is 18.1 Å². The fourth-order valence-electron chi connectivity index (χ4n) is 3.50. The second-order valence-corrected chi connectivity index (χ2v) is 8.15. The third-order valence-electron chi connectivity index (χ3n) is 4.31. The number of hydrogen-bond donors (Lipinski definition) is 1. The van der Waals surface area contributed by atoms with Crippen molar-refractivity contribution in [1.29, 1.82) is 0 Å². The fourth-order valence-corrected chi connectivity index (χ4v) is 3.50. The van der Waals surface area contributed by atoms with E-state index in [1.807, 2.05) is 18.2 Å². The number of imidazole rings is 1. The van der Waals surface area contributed by atoms with Gasteiger partial charge in [0.25, 0.3) is 0 Å². The molecule has 0 saturated carbocycles. The average molecular weight is 357 g/mol. The number of rotatable bonds is 7. The lowest BCUT2D eigenvalue weighted by molar-refractivity contribution is -0.134. The Balaban J connectivity index is 2.32. The van der Waals surface area contributed by atoms with Crippen molar-refractivity contribution >= 4 is 23.1 Å². The van der Waals surface area contributed by atoms with Crippen LogP contribution in [0.15, 0.2) is 24.3 Å². The van der Waals surface area contributed by atoms with Crippen LogP contribution in [0.5, 0.6) is 0 Å². The number of ether oxygens (including phenoxy) is 1. The van der Waals surface area contributed by atoms with E-state index in [0.29, 0.717) is 17.9 Å². The van der Waals surface area contributed by atoms with Crippen molar-refractivity contribution < 1.29 is 9.53 Å². The molecule has 0 fully saturated rings. The molecule has 1 unspecified atom stereocenters. The first-order valence-electron chi connectivity index (χ1n) is 9.19. The topological polar surface area (TPSA) is 70.1 Å². The van der Waals surface area contributed by atoms with E-state index in [4.69, 9.17) is 10.7 Å². The smallest absolute Gasteiger partial charge is 0.330 e. The molecule has 0 aliphatic rings. The first-order valence-corrected chi connectivity index (χ1v) is 9.19. The molecular formula is C21H31N3O2. The molecule has 5 heteroatoms. The van der Waals surface area contributed by atoms with Crippen LogP contribution in [-0.2, 0) is 22.5 Å². The summed E-state index contributed by atoms with van der Waals surface area (Å²) in [5.74, 6) is 1.26. The van der Waals surface area contributed by atoms with E-state index >= 15 is 0 Å². The number of aromatic nitrogens is 2. The van der Waals surface area contributed by atoms with Gasteiger partial charge in [0.1, 0.15) is 5.82 Å². The molecule has 2 N–H and O–H groups in total. The Hall–Kier alpha value is -2.14. The molecule has 0 radical (unpaired) electrons. The van der Waals surface area contributed by atoms with Gasteiger partial charge in [-0.15, -0.1) is 0 Å². The number of esters is 1. The first kappa shape index (κ1) is 20.2. The summed E-state index contributed by atoms with van der Waals surface area (Å²) in [6.45, 7) is 10.4. The molecule has 142 valence electrons. The largest absolute Gasteiger partial charge is 0.466 e. The molecule has 5 nitrogen and oxygen atoms in total. The Morgan fingerprint density at radius 1 is 1.38 bits per heavy atom. The van der Waals surface area contributed by atoms with Gasteiger partial charge in [-0.2, -0.15) is 0 Å². The molecule has 0 aliphatic heterocycles. The molecule has 1 aromatic carbocycles. The van der Waals surface area contributed by atoms with E-state index in [9.17, 15) is 4.79 Å². The highest BCUT2D eigenvalue weighted by molar-refractivity contribution is 5.88. The van der Waals surface area contributed by atoms with Crippen LogP contribution in [0, 0.1) is 11.3 Å². The quantitative estimate of drug-likeness (QED) is 0.604. The van der Waals surface area contributed by atoms with E-state index in [-0.39, 0.29) is 5.97 Å². The Morgan fingerprint density at radius 3 is 2.73 bits per heavy atom. The van der Waals surface area contributed by atoms with Gasteiger partial charge in [-0.25, -0.2) is 9.78 Å². The number of benzene rings is 1. The van der Waals surface area contributed by atoms with E-state index in [1.54, 1.807) is 6.08 Å². The van der Waals surface area contributed by atoms with Crippen LogP contribution in [0.3, 0.4) is 0 Å². The van der Waals surface area contributed by atoms with Crippen LogP contribution in [0.1, 0.15) is 45.5 Å². The molecule has 0 aliphatic carbocycles. The zero-order valence-electron chi connectivity index (χ0n) is 16.6. The molecule has 1 aromatic heterocycles. The van der Waals surface area contributed by atoms with Gasteiger partial charge in [-0.05, 0) is 41.5 Å². The van der Waals surface area contributed by atoms with E-state index in [1.165, 1.54) is 13.2 Å². The van der Waals surface area contributed by atoms with E-state index in [0.717, 1.165) is 41.8 Å². The van der Waals surface area contributed by atoms with Gasteiger partial charge in [-0.3, -0.25) is 0 Å².